The zero-order chi connectivity index (χ0) is 15.5. The number of amides is 1. The summed E-state index contributed by atoms with van der Waals surface area (Å²) in [5, 5.41) is 0. The van der Waals surface area contributed by atoms with E-state index in [0.29, 0.717) is 31.7 Å². The maximum atomic E-state index is 13.4. The van der Waals surface area contributed by atoms with Gasteiger partial charge in [0.1, 0.15) is 11.6 Å². The lowest BCUT2D eigenvalue weighted by molar-refractivity contribution is 0.0745. The summed E-state index contributed by atoms with van der Waals surface area (Å²) in [4.78, 5) is 24.7. The number of carbonyl (C=O) groups excluding carboxylic acids is 1. The minimum Gasteiger partial charge on any atom is -0.352 e. The predicted molar refractivity (Wildman–Crippen MR) is 89.3 cm³/mol. The minimum absolute atomic E-state index is 0.123. The van der Waals surface area contributed by atoms with Crippen molar-refractivity contribution in [2.24, 2.45) is 0 Å². The lowest BCUT2D eigenvalue weighted by atomic mass is 10.1. The van der Waals surface area contributed by atoms with E-state index in [-0.39, 0.29) is 11.7 Å². The van der Waals surface area contributed by atoms with Crippen LogP contribution in [-0.2, 0) is 0 Å². The molecule has 7 heteroatoms. The second kappa shape index (κ2) is 6.55. The van der Waals surface area contributed by atoms with Gasteiger partial charge < -0.3 is 9.80 Å². The number of benzene rings is 1. The van der Waals surface area contributed by atoms with Crippen molar-refractivity contribution in [1.29, 1.82) is 0 Å². The van der Waals surface area contributed by atoms with Crippen LogP contribution in [-0.4, -0.2) is 47.0 Å². The number of halogens is 2. The number of hydrogen-bond donors (Lipinski definition) is 0. The van der Waals surface area contributed by atoms with Gasteiger partial charge in [0.25, 0.3) is 5.91 Å². The molecular weight excluding hydrogens is 398 g/mol. The van der Waals surface area contributed by atoms with Gasteiger partial charge in [0.15, 0.2) is 0 Å². The average Bonchev–Trinajstić information content (AvgIpc) is 2.57. The van der Waals surface area contributed by atoms with Crippen LogP contribution in [0.5, 0.6) is 0 Å². The molecule has 3 rings (SSSR count). The highest BCUT2D eigenvalue weighted by molar-refractivity contribution is 14.1. The molecule has 22 heavy (non-hydrogen) atoms. The molecule has 1 saturated heterocycles. The fraction of sp³-hybridized carbons (Fsp3) is 0.267. The molecule has 114 valence electrons. The Morgan fingerprint density at radius 1 is 1.18 bits per heavy atom. The van der Waals surface area contributed by atoms with E-state index in [1.54, 1.807) is 29.6 Å². The van der Waals surface area contributed by atoms with E-state index >= 15 is 0 Å². The molecule has 1 aliphatic heterocycles. The molecule has 0 bridgehead atoms. The third-order valence-corrected chi connectivity index (χ3v) is 4.54. The normalized spacial score (nSPS) is 15.0. The molecule has 2 aromatic rings. The summed E-state index contributed by atoms with van der Waals surface area (Å²) < 4.78 is 14.1. The molecule has 0 unspecified atom stereocenters. The molecule has 1 aliphatic rings. The molecule has 0 aliphatic carbocycles. The standard InChI is InChI=1S/C15H14FIN4O/c16-11-1-2-13(17)12(9-11)15(22)21-7-5-20(6-8-21)14-10-18-3-4-19-14/h1-4,9-10H,5-8H2. The fourth-order valence-electron chi connectivity index (χ4n) is 2.42. The van der Waals surface area contributed by atoms with E-state index in [4.69, 9.17) is 0 Å². The van der Waals surface area contributed by atoms with Gasteiger partial charge in [-0.05, 0) is 40.8 Å². The zero-order valence-corrected chi connectivity index (χ0v) is 13.9. The molecule has 1 aromatic carbocycles. The molecule has 0 saturated carbocycles. The van der Waals surface area contributed by atoms with Crippen LogP contribution in [0.15, 0.2) is 36.8 Å². The third-order valence-electron chi connectivity index (χ3n) is 3.60. The van der Waals surface area contributed by atoms with Gasteiger partial charge in [0, 0.05) is 42.1 Å². The molecule has 1 aromatic heterocycles. The summed E-state index contributed by atoms with van der Waals surface area (Å²) in [7, 11) is 0. The van der Waals surface area contributed by atoms with Crippen LogP contribution in [0.4, 0.5) is 10.2 Å². The van der Waals surface area contributed by atoms with E-state index in [2.05, 4.69) is 37.5 Å². The number of hydrogen-bond acceptors (Lipinski definition) is 4. The van der Waals surface area contributed by atoms with Crippen LogP contribution in [0, 0.1) is 9.39 Å². The highest BCUT2D eigenvalue weighted by atomic mass is 127. The number of nitrogens with zero attached hydrogens (tertiary/aromatic N) is 4. The Balaban J connectivity index is 1.68. The summed E-state index contributed by atoms with van der Waals surface area (Å²) in [6.45, 7) is 2.55. The lowest BCUT2D eigenvalue weighted by Gasteiger charge is -2.35. The smallest absolute Gasteiger partial charge is 0.255 e. The van der Waals surface area contributed by atoms with Crippen molar-refractivity contribution in [1.82, 2.24) is 14.9 Å². The number of anilines is 1. The first-order valence-electron chi connectivity index (χ1n) is 6.90. The molecule has 0 radical (unpaired) electrons. The van der Waals surface area contributed by atoms with Crippen molar-refractivity contribution in [3.05, 3.63) is 51.7 Å². The van der Waals surface area contributed by atoms with Gasteiger partial charge in [-0.3, -0.25) is 9.78 Å². The Bertz CT molecular complexity index is 674. The van der Waals surface area contributed by atoms with E-state index in [1.807, 2.05) is 0 Å². The summed E-state index contributed by atoms with van der Waals surface area (Å²) in [5.41, 5.74) is 0.425. The summed E-state index contributed by atoms with van der Waals surface area (Å²) in [6.07, 6.45) is 5.00. The van der Waals surface area contributed by atoms with Crippen LogP contribution < -0.4 is 4.90 Å². The van der Waals surface area contributed by atoms with E-state index < -0.39 is 0 Å². The maximum Gasteiger partial charge on any atom is 0.255 e. The first-order valence-corrected chi connectivity index (χ1v) is 7.98. The molecular formula is C15H14FIN4O. The molecule has 0 spiro atoms. The zero-order valence-electron chi connectivity index (χ0n) is 11.7. The van der Waals surface area contributed by atoms with Gasteiger partial charge in [-0.15, -0.1) is 0 Å². The van der Waals surface area contributed by atoms with Crippen LogP contribution in [0.2, 0.25) is 0 Å². The van der Waals surface area contributed by atoms with Gasteiger partial charge in [-0.1, -0.05) is 0 Å². The van der Waals surface area contributed by atoms with E-state index in [0.717, 1.165) is 9.39 Å². The van der Waals surface area contributed by atoms with Crippen LogP contribution in [0.1, 0.15) is 10.4 Å². The second-order valence-electron chi connectivity index (χ2n) is 4.97. The first kappa shape index (κ1) is 15.1. The molecule has 5 nitrogen and oxygen atoms in total. The molecule has 1 fully saturated rings. The SMILES string of the molecule is O=C(c1cc(F)ccc1I)N1CCN(c2cnccn2)CC1. The summed E-state index contributed by atoms with van der Waals surface area (Å²) in [6, 6.07) is 4.29. The van der Waals surface area contributed by atoms with Gasteiger partial charge in [0.2, 0.25) is 0 Å². The minimum atomic E-state index is -0.387. The summed E-state index contributed by atoms with van der Waals surface area (Å²) >= 11 is 2.06. The molecule has 0 N–H and O–H groups in total. The number of piperazine rings is 1. The number of carbonyl (C=O) groups is 1. The largest absolute Gasteiger partial charge is 0.352 e. The average molecular weight is 412 g/mol. The van der Waals surface area contributed by atoms with E-state index in [1.165, 1.54) is 12.1 Å². The molecule has 2 heterocycles. The van der Waals surface area contributed by atoms with Gasteiger partial charge in [-0.2, -0.15) is 0 Å². The Kier molecular flexibility index (Phi) is 4.51. The summed E-state index contributed by atoms with van der Waals surface area (Å²) in [5.74, 6) is 0.305. The van der Waals surface area contributed by atoms with Crippen molar-refractivity contribution in [2.45, 2.75) is 0 Å². The van der Waals surface area contributed by atoms with E-state index in [9.17, 15) is 9.18 Å². The van der Waals surface area contributed by atoms with Crippen LogP contribution >= 0.6 is 22.6 Å². The van der Waals surface area contributed by atoms with Crippen molar-refractivity contribution >= 4 is 34.3 Å². The van der Waals surface area contributed by atoms with Crippen LogP contribution in [0.25, 0.3) is 0 Å². The predicted octanol–water partition coefficient (Wildman–Crippen LogP) is 2.18. The highest BCUT2D eigenvalue weighted by Crippen LogP contribution is 2.18. The Labute approximate surface area is 141 Å². The Morgan fingerprint density at radius 2 is 1.95 bits per heavy atom. The van der Waals surface area contributed by atoms with Crippen molar-refractivity contribution in [3.63, 3.8) is 0 Å². The number of aromatic nitrogens is 2. The van der Waals surface area contributed by atoms with Crippen molar-refractivity contribution in [3.8, 4) is 0 Å². The lowest BCUT2D eigenvalue weighted by Crippen LogP contribution is -2.49. The van der Waals surface area contributed by atoms with Crippen LogP contribution in [0.3, 0.4) is 0 Å². The topological polar surface area (TPSA) is 49.3 Å². The molecule has 1 amide bonds. The Hall–Kier alpha value is -1.77. The second-order valence-corrected chi connectivity index (χ2v) is 6.13. The fourth-order valence-corrected chi connectivity index (χ4v) is 2.99. The maximum absolute atomic E-state index is 13.4. The number of rotatable bonds is 2. The third kappa shape index (κ3) is 3.18. The van der Waals surface area contributed by atoms with Gasteiger partial charge >= 0.3 is 0 Å². The molecule has 0 atom stereocenters. The van der Waals surface area contributed by atoms with Crippen molar-refractivity contribution in [2.75, 3.05) is 31.1 Å². The quantitative estimate of drug-likeness (QED) is 0.710. The van der Waals surface area contributed by atoms with Gasteiger partial charge in [-0.25, -0.2) is 9.37 Å². The van der Waals surface area contributed by atoms with Gasteiger partial charge in [0.05, 0.1) is 11.8 Å². The van der Waals surface area contributed by atoms with Crippen molar-refractivity contribution < 1.29 is 9.18 Å². The highest BCUT2D eigenvalue weighted by Gasteiger charge is 2.24. The first-order chi connectivity index (χ1) is 10.6. The Morgan fingerprint density at radius 3 is 2.64 bits per heavy atom. The monoisotopic (exact) mass is 412 g/mol.